The minimum Gasteiger partial charge on any atom is -0.353 e. The Bertz CT molecular complexity index is 428. The van der Waals surface area contributed by atoms with Crippen molar-refractivity contribution in [2.24, 2.45) is 0 Å². The van der Waals surface area contributed by atoms with E-state index in [-0.39, 0.29) is 17.4 Å². The zero-order chi connectivity index (χ0) is 13.2. The fraction of sp³-hybridized carbons (Fsp3) is 0.500. The van der Waals surface area contributed by atoms with Crippen molar-refractivity contribution in [2.75, 3.05) is 5.88 Å². The first-order valence-corrected chi connectivity index (χ1v) is 7.52. The van der Waals surface area contributed by atoms with Gasteiger partial charge in [0.15, 0.2) is 0 Å². The number of carbonyl (C=O) groups is 1. The van der Waals surface area contributed by atoms with E-state index in [0.717, 1.165) is 17.3 Å². The molecule has 1 aromatic carbocycles. The summed E-state index contributed by atoms with van der Waals surface area (Å²) in [5, 5.41) is 3.06. The van der Waals surface area contributed by atoms with Crippen LogP contribution in [0.5, 0.6) is 0 Å². The molecule has 0 radical (unpaired) electrons. The minimum atomic E-state index is 0.0425. The Kier molecular flexibility index (Phi) is 4.33. The molecule has 18 heavy (non-hydrogen) atoms. The molecule has 1 amide bonds. The standard InChI is InChI=1S/C14H17BrClNO/c1-10(17-13(18)6-9-16)14(7-8-14)11-2-4-12(15)5-3-11/h2-5,10H,6-9H2,1H3,(H,17,18). The van der Waals surface area contributed by atoms with Gasteiger partial charge in [-0.05, 0) is 37.5 Å². The van der Waals surface area contributed by atoms with Crippen molar-refractivity contribution in [3.63, 3.8) is 0 Å². The molecule has 1 aliphatic carbocycles. The molecule has 4 heteroatoms. The van der Waals surface area contributed by atoms with Gasteiger partial charge in [0.2, 0.25) is 5.91 Å². The average molecular weight is 331 g/mol. The van der Waals surface area contributed by atoms with Crippen molar-refractivity contribution < 1.29 is 4.79 Å². The summed E-state index contributed by atoms with van der Waals surface area (Å²) in [5.74, 6) is 0.421. The van der Waals surface area contributed by atoms with Gasteiger partial charge in [0, 0.05) is 28.2 Å². The number of halogens is 2. The van der Waals surface area contributed by atoms with Crippen LogP contribution in [0.3, 0.4) is 0 Å². The van der Waals surface area contributed by atoms with Crippen molar-refractivity contribution in [3.8, 4) is 0 Å². The minimum absolute atomic E-state index is 0.0425. The fourth-order valence-electron chi connectivity index (χ4n) is 2.43. The summed E-state index contributed by atoms with van der Waals surface area (Å²) in [6.07, 6.45) is 2.66. The number of amides is 1. The predicted molar refractivity (Wildman–Crippen MR) is 78.0 cm³/mol. The molecule has 1 aromatic rings. The third-order valence-electron chi connectivity index (χ3n) is 3.74. The molecule has 2 nitrogen and oxygen atoms in total. The molecule has 1 N–H and O–H groups in total. The van der Waals surface area contributed by atoms with Gasteiger partial charge in [-0.1, -0.05) is 28.1 Å². The fourth-order valence-corrected chi connectivity index (χ4v) is 2.86. The van der Waals surface area contributed by atoms with Crippen LogP contribution in [0, 0.1) is 0 Å². The van der Waals surface area contributed by atoms with Crippen molar-refractivity contribution in [2.45, 2.75) is 37.6 Å². The Hall–Kier alpha value is -0.540. The molecule has 0 spiro atoms. The van der Waals surface area contributed by atoms with E-state index in [1.807, 2.05) is 0 Å². The van der Waals surface area contributed by atoms with E-state index in [2.05, 4.69) is 52.4 Å². The lowest BCUT2D eigenvalue weighted by atomic mass is 9.89. The monoisotopic (exact) mass is 329 g/mol. The number of hydrogen-bond donors (Lipinski definition) is 1. The predicted octanol–water partition coefficient (Wildman–Crippen LogP) is 3.61. The Morgan fingerprint density at radius 3 is 2.56 bits per heavy atom. The Morgan fingerprint density at radius 2 is 2.06 bits per heavy atom. The van der Waals surface area contributed by atoms with E-state index < -0.39 is 0 Å². The van der Waals surface area contributed by atoms with Gasteiger partial charge in [0.05, 0.1) is 0 Å². The lowest BCUT2D eigenvalue weighted by Crippen LogP contribution is -2.41. The van der Waals surface area contributed by atoms with Crippen molar-refractivity contribution in [1.29, 1.82) is 0 Å². The first kappa shape index (κ1) is 13.9. The maximum Gasteiger partial charge on any atom is 0.221 e. The molecule has 0 bridgehead atoms. The molecule has 2 rings (SSSR count). The Balaban J connectivity index is 2.07. The smallest absolute Gasteiger partial charge is 0.221 e. The Morgan fingerprint density at radius 1 is 1.44 bits per heavy atom. The van der Waals surface area contributed by atoms with Gasteiger partial charge in [-0.15, -0.1) is 11.6 Å². The molecular formula is C14H17BrClNO. The summed E-state index contributed by atoms with van der Waals surface area (Å²) in [4.78, 5) is 11.6. The van der Waals surface area contributed by atoms with Crippen LogP contribution in [0.2, 0.25) is 0 Å². The number of hydrogen-bond acceptors (Lipinski definition) is 1. The summed E-state index contributed by atoms with van der Waals surface area (Å²) >= 11 is 9.02. The summed E-state index contributed by atoms with van der Waals surface area (Å²) in [7, 11) is 0. The second-order valence-electron chi connectivity index (χ2n) is 4.89. The molecule has 0 aliphatic heterocycles. The number of carbonyl (C=O) groups excluding carboxylic acids is 1. The zero-order valence-electron chi connectivity index (χ0n) is 10.4. The third kappa shape index (κ3) is 2.89. The van der Waals surface area contributed by atoms with Crippen molar-refractivity contribution in [1.82, 2.24) is 5.32 Å². The van der Waals surface area contributed by atoms with Crippen LogP contribution in [0.4, 0.5) is 0 Å². The maximum absolute atomic E-state index is 11.6. The normalized spacial score (nSPS) is 18.2. The van der Waals surface area contributed by atoms with Gasteiger partial charge in [0.25, 0.3) is 0 Å². The molecule has 98 valence electrons. The van der Waals surface area contributed by atoms with E-state index in [1.165, 1.54) is 5.56 Å². The number of alkyl halides is 1. The second-order valence-corrected chi connectivity index (χ2v) is 6.18. The van der Waals surface area contributed by atoms with E-state index in [9.17, 15) is 4.79 Å². The van der Waals surface area contributed by atoms with Gasteiger partial charge in [-0.3, -0.25) is 4.79 Å². The van der Waals surface area contributed by atoms with E-state index in [0.29, 0.717) is 12.3 Å². The quantitative estimate of drug-likeness (QED) is 0.821. The molecule has 0 aromatic heterocycles. The summed E-state index contributed by atoms with van der Waals surface area (Å²) in [6, 6.07) is 8.56. The third-order valence-corrected chi connectivity index (χ3v) is 4.45. The highest BCUT2D eigenvalue weighted by Crippen LogP contribution is 2.51. The van der Waals surface area contributed by atoms with Crippen LogP contribution in [-0.4, -0.2) is 17.8 Å². The van der Waals surface area contributed by atoms with Crippen LogP contribution < -0.4 is 5.32 Å². The van der Waals surface area contributed by atoms with Crippen molar-refractivity contribution in [3.05, 3.63) is 34.3 Å². The van der Waals surface area contributed by atoms with Gasteiger partial charge >= 0.3 is 0 Å². The van der Waals surface area contributed by atoms with E-state index >= 15 is 0 Å². The van der Waals surface area contributed by atoms with Crippen LogP contribution >= 0.6 is 27.5 Å². The molecule has 1 unspecified atom stereocenters. The lowest BCUT2D eigenvalue weighted by Gasteiger charge is -2.25. The van der Waals surface area contributed by atoms with E-state index in [4.69, 9.17) is 11.6 Å². The summed E-state index contributed by atoms with van der Waals surface area (Å²) in [5.41, 5.74) is 1.44. The SMILES string of the molecule is CC(NC(=O)CCCl)C1(c2ccc(Br)cc2)CC1. The lowest BCUT2D eigenvalue weighted by molar-refractivity contribution is -0.121. The molecular weight excluding hydrogens is 314 g/mol. The van der Waals surface area contributed by atoms with Crippen LogP contribution in [0.1, 0.15) is 31.7 Å². The van der Waals surface area contributed by atoms with Crippen molar-refractivity contribution >= 4 is 33.4 Å². The van der Waals surface area contributed by atoms with Crippen LogP contribution in [-0.2, 0) is 10.2 Å². The summed E-state index contributed by atoms with van der Waals surface area (Å²) in [6.45, 7) is 2.08. The zero-order valence-corrected chi connectivity index (χ0v) is 12.7. The van der Waals surface area contributed by atoms with E-state index in [1.54, 1.807) is 0 Å². The summed E-state index contributed by atoms with van der Waals surface area (Å²) < 4.78 is 1.08. The largest absolute Gasteiger partial charge is 0.353 e. The van der Waals surface area contributed by atoms with Crippen LogP contribution in [0.15, 0.2) is 28.7 Å². The highest BCUT2D eigenvalue weighted by atomic mass is 79.9. The molecule has 0 heterocycles. The topological polar surface area (TPSA) is 29.1 Å². The highest BCUT2D eigenvalue weighted by Gasteiger charge is 2.49. The van der Waals surface area contributed by atoms with Gasteiger partial charge in [-0.25, -0.2) is 0 Å². The molecule has 1 saturated carbocycles. The van der Waals surface area contributed by atoms with Gasteiger partial charge in [-0.2, -0.15) is 0 Å². The number of benzene rings is 1. The average Bonchev–Trinajstić information content (AvgIpc) is 3.11. The number of rotatable bonds is 5. The second kappa shape index (κ2) is 5.62. The Labute approximate surface area is 121 Å². The first-order valence-electron chi connectivity index (χ1n) is 6.20. The van der Waals surface area contributed by atoms with Gasteiger partial charge in [0.1, 0.15) is 0 Å². The molecule has 1 atom stereocenters. The first-order chi connectivity index (χ1) is 8.58. The molecule has 1 aliphatic rings. The highest BCUT2D eigenvalue weighted by molar-refractivity contribution is 9.10. The number of nitrogens with one attached hydrogen (secondary N) is 1. The maximum atomic E-state index is 11.6. The van der Waals surface area contributed by atoms with Gasteiger partial charge < -0.3 is 5.32 Å². The molecule has 0 saturated heterocycles. The molecule has 1 fully saturated rings. The van der Waals surface area contributed by atoms with Crippen LogP contribution in [0.25, 0.3) is 0 Å².